The van der Waals surface area contributed by atoms with E-state index in [4.69, 9.17) is 11.6 Å². The van der Waals surface area contributed by atoms with Crippen molar-refractivity contribution in [1.29, 1.82) is 0 Å². The molecule has 1 heterocycles. The number of hydrogen-bond acceptors (Lipinski definition) is 3. The predicted molar refractivity (Wildman–Crippen MR) is 133 cm³/mol. The highest BCUT2D eigenvalue weighted by molar-refractivity contribution is 6.33. The van der Waals surface area contributed by atoms with Gasteiger partial charge in [-0.2, -0.15) is 0 Å². The molecule has 1 N–H and O–H groups in total. The minimum Gasteiger partial charge on any atom is -0.362 e. The Morgan fingerprint density at radius 1 is 0.758 bits per heavy atom. The molecule has 0 fully saturated rings. The van der Waals surface area contributed by atoms with Gasteiger partial charge in [0, 0.05) is 51.9 Å². The summed E-state index contributed by atoms with van der Waals surface area (Å²) >= 11 is 6.78. The molecule has 170 valence electrons. The Morgan fingerprint density at radius 3 is 1.85 bits per heavy atom. The molecular formula is C29H30ClNO2. The van der Waals surface area contributed by atoms with Crippen molar-refractivity contribution >= 4 is 23.2 Å². The van der Waals surface area contributed by atoms with Gasteiger partial charge in [-0.15, -0.1) is 0 Å². The van der Waals surface area contributed by atoms with Crippen LogP contribution in [-0.4, -0.2) is 11.6 Å². The molecule has 0 saturated heterocycles. The van der Waals surface area contributed by atoms with Crippen LogP contribution in [0.3, 0.4) is 0 Å². The molecule has 2 aromatic rings. The number of allylic oxidation sites excluding steroid dienone is 4. The summed E-state index contributed by atoms with van der Waals surface area (Å²) in [5, 5.41) is 4.22. The number of carbonyl (C=O) groups excluding carboxylic acids is 2. The van der Waals surface area contributed by atoms with Crippen LogP contribution in [0.4, 0.5) is 0 Å². The van der Waals surface area contributed by atoms with Crippen LogP contribution >= 0.6 is 11.6 Å². The van der Waals surface area contributed by atoms with E-state index in [1.807, 2.05) is 48.5 Å². The molecule has 2 aromatic carbocycles. The monoisotopic (exact) mass is 459 g/mol. The average Bonchev–Trinajstić information content (AvgIpc) is 2.71. The minimum absolute atomic E-state index is 0.115. The van der Waals surface area contributed by atoms with Crippen LogP contribution in [0.5, 0.6) is 0 Å². The normalized spacial score (nSPS) is 22.1. The Balaban J connectivity index is 1.79. The highest BCUT2D eigenvalue weighted by Crippen LogP contribution is 2.53. The number of carbonyl (C=O) groups is 2. The second-order valence-corrected chi connectivity index (χ2v) is 11.7. The molecule has 4 heteroatoms. The van der Waals surface area contributed by atoms with Crippen molar-refractivity contribution in [3.05, 3.63) is 81.7 Å². The molecule has 1 aliphatic heterocycles. The van der Waals surface area contributed by atoms with Gasteiger partial charge < -0.3 is 5.32 Å². The Kier molecular flexibility index (Phi) is 5.17. The van der Waals surface area contributed by atoms with Gasteiger partial charge in [-0.1, -0.05) is 81.8 Å². The number of hydrogen-bond donors (Lipinski definition) is 1. The highest BCUT2D eigenvalue weighted by atomic mass is 35.5. The van der Waals surface area contributed by atoms with Gasteiger partial charge in [-0.25, -0.2) is 0 Å². The number of benzene rings is 2. The zero-order chi connectivity index (χ0) is 23.5. The van der Waals surface area contributed by atoms with Gasteiger partial charge in [0.05, 0.1) is 0 Å². The molecule has 5 rings (SSSR count). The summed E-state index contributed by atoms with van der Waals surface area (Å²) in [5.41, 5.74) is 6.06. The number of dihydropyridines is 1. The van der Waals surface area contributed by atoms with Crippen molar-refractivity contribution in [3.8, 4) is 11.1 Å². The first-order valence-electron chi connectivity index (χ1n) is 11.7. The van der Waals surface area contributed by atoms with Crippen LogP contribution < -0.4 is 5.32 Å². The van der Waals surface area contributed by atoms with Crippen LogP contribution in [0.2, 0.25) is 5.02 Å². The Morgan fingerprint density at radius 2 is 1.30 bits per heavy atom. The SMILES string of the molecule is CC1(C)CC(=O)C2=C(C1)NC1=C(C(=O)CC(C)(C)C1)C2c1cccc(Cl)c1-c1ccccc1. The van der Waals surface area contributed by atoms with Crippen molar-refractivity contribution in [1.82, 2.24) is 5.32 Å². The van der Waals surface area contributed by atoms with Gasteiger partial charge in [-0.05, 0) is 40.9 Å². The Hall–Kier alpha value is -2.65. The van der Waals surface area contributed by atoms with E-state index in [2.05, 4.69) is 33.0 Å². The molecule has 0 radical (unpaired) electrons. The molecule has 3 nitrogen and oxygen atoms in total. The maximum atomic E-state index is 13.6. The lowest BCUT2D eigenvalue weighted by atomic mass is 9.63. The molecule has 0 bridgehead atoms. The van der Waals surface area contributed by atoms with Crippen LogP contribution in [-0.2, 0) is 9.59 Å². The maximum absolute atomic E-state index is 13.6. The first-order chi connectivity index (χ1) is 15.6. The molecule has 2 aliphatic carbocycles. The molecule has 0 saturated carbocycles. The van der Waals surface area contributed by atoms with Gasteiger partial charge in [-0.3, -0.25) is 9.59 Å². The van der Waals surface area contributed by atoms with E-state index in [1.165, 1.54) is 0 Å². The predicted octanol–water partition coefficient (Wildman–Crippen LogP) is 6.98. The Labute approximate surface area is 200 Å². The second kappa shape index (κ2) is 7.70. The number of halogens is 1. The highest BCUT2D eigenvalue weighted by Gasteiger charge is 2.47. The van der Waals surface area contributed by atoms with Crippen LogP contribution in [0, 0.1) is 10.8 Å². The number of nitrogens with one attached hydrogen (secondary N) is 1. The first kappa shape index (κ1) is 22.2. The number of rotatable bonds is 2. The average molecular weight is 460 g/mol. The largest absolute Gasteiger partial charge is 0.362 e. The van der Waals surface area contributed by atoms with Crippen molar-refractivity contribution in [2.24, 2.45) is 10.8 Å². The smallest absolute Gasteiger partial charge is 0.162 e. The lowest BCUT2D eigenvalue weighted by Gasteiger charge is -2.44. The fourth-order valence-electron chi connectivity index (χ4n) is 5.89. The second-order valence-electron chi connectivity index (χ2n) is 11.3. The van der Waals surface area contributed by atoms with Gasteiger partial charge in [0.25, 0.3) is 0 Å². The summed E-state index contributed by atoms with van der Waals surface area (Å²) in [6.07, 6.45) is 2.54. The van der Waals surface area contributed by atoms with Crippen molar-refractivity contribution in [2.45, 2.75) is 59.3 Å². The van der Waals surface area contributed by atoms with E-state index in [-0.39, 0.29) is 22.4 Å². The van der Waals surface area contributed by atoms with E-state index in [0.717, 1.165) is 52.1 Å². The molecule has 3 aliphatic rings. The van der Waals surface area contributed by atoms with Crippen LogP contribution in [0.15, 0.2) is 71.1 Å². The van der Waals surface area contributed by atoms with Gasteiger partial charge in [0.15, 0.2) is 11.6 Å². The lowest BCUT2D eigenvalue weighted by molar-refractivity contribution is -0.119. The molecule has 0 spiro atoms. The topological polar surface area (TPSA) is 46.2 Å². The van der Waals surface area contributed by atoms with Crippen molar-refractivity contribution in [2.75, 3.05) is 0 Å². The van der Waals surface area contributed by atoms with Crippen LogP contribution in [0.25, 0.3) is 11.1 Å². The van der Waals surface area contributed by atoms with E-state index in [0.29, 0.717) is 17.9 Å². The molecular weight excluding hydrogens is 430 g/mol. The molecule has 0 amide bonds. The van der Waals surface area contributed by atoms with E-state index in [1.54, 1.807) is 0 Å². The standard InChI is InChI=1S/C29H30ClNO2/c1-28(2)13-20-26(22(32)15-28)25(27-21(31-20)14-29(3,4)16-23(27)33)18-11-8-12-19(30)24(18)17-9-6-5-7-10-17/h5-12,25,31H,13-16H2,1-4H3. The van der Waals surface area contributed by atoms with E-state index < -0.39 is 5.92 Å². The van der Waals surface area contributed by atoms with E-state index >= 15 is 0 Å². The number of Topliss-reactive ketones (excluding diaryl/α,β-unsaturated/α-hetero) is 2. The Bertz CT molecular complexity index is 1180. The van der Waals surface area contributed by atoms with Gasteiger partial charge in [0.2, 0.25) is 0 Å². The summed E-state index contributed by atoms with van der Waals surface area (Å²) < 4.78 is 0. The fraction of sp³-hybridized carbons (Fsp3) is 0.379. The molecule has 33 heavy (non-hydrogen) atoms. The maximum Gasteiger partial charge on any atom is 0.162 e. The molecule has 0 aromatic heterocycles. The van der Waals surface area contributed by atoms with Gasteiger partial charge >= 0.3 is 0 Å². The molecule has 0 unspecified atom stereocenters. The van der Waals surface area contributed by atoms with E-state index in [9.17, 15) is 9.59 Å². The third kappa shape index (κ3) is 3.87. The summed E-state index contributed by atoms with van der Waals surface area (Å²) in [6.45, 7) is 8.56. The quantitative estimate of drug-likeness (QED) is 0.526. The first-order valence-corrected chi connectivity index (χ1v) is 12.1. The van der Waals surface area contributed by atoms with Crippen molar-refractivity contribution in [3.63, 3.8) is 0 Å². The fourth-order valence-corrected chi connectivity index (χ4v) is 6.18. The third-order valence-corrected chi connectivity index (χ3v) is 7.45. The zero-order valence-corrected chi connectivity index (χ0v) is 20.5. The van der Waals surface area contributed by atoms with Crippen LogP contribution in [0.1, 0.15) is 64.9 Å². The number of ketones is 2. The van der Waals surface area contributed by atoms with Crippen molar-refractivity contribution < 1.29 is 9.59 Å². The third-order valence-electron chi connectivity index (χ3n) is 7.14. The summed E-state index contributed by atoms with van der Waals surface area (Å²) in [5.74, 6) is -0.138. The lowest BCUT2D eigenvalue weighted by Crippen LogP contribution is -2.42. The summed E-state index contributed by atoms with van der Waals surface area (Å²) in [4.78, 5) is 27.2. The summed E-state index contributed by atoms with van der Waals surface area (Å²) in [7, 11) is 0. The van der Waals surface area contributed by atoms with Gasteiger partial charge in [0.1, 0.15) is 0 Å². The minimum atomic E-state index is -0.391. The zero-order valence-electron chi connectivity index (χ0n) is 19.7. The molecule has 0 atom stereocenters. The summed E-state index contributed by atoms with van der Waals surface area (Å²) in [6, 6.07) is 15.9.